The van der Waals surface area contributed by atoms with Gasteiger partial charge < -0.3 is 25.1 Å². The molecular weight excluding hydrogens is 461 g/mol. The molecule has 1 saturated heterocycles. The Bertz CT molecular complexity index is 1270. The average molecular weight is 485 g/mol. The Morgan fingerprint density at radius 3 is 2.58 bits per heavy atom. The molecule has 0 amide bonds. The molecule has 2 aromatic heterocycles. The van der Waals surface area contributed by atoms with Crippen molar-refractivity contribution >= 4 is 38.7 Å². The first-order valence-corrected chi connectivity index (χ1v) is 11.8. The maximum Gasteiger partial charge on any atom is 0.341 e. The molecule has 1 aliphatic heterocycles. The van der Waals surface area contributed by atoms with Crippen LogP contribution < -0.4 is 16.1 Å². The van der Waals surface area contributed by atoms with E-state index in [1.165, 1.54) is 13.3 Å². The largest absolute Gasteiger partial charge is 0.477 e. The summed E-state index contributed by atoms with van der Waals surface area (Å²) in [6, 6.07) is 1.14. The van der Waals surface area contributed by atoms with Crippen LogP contribution in [0.5, 0.6) is 0 Å². The molecule has 2 aromatic rings. The summed E-state index contributed by atoms with van der Waals surface area (Å²) in [5, 5.41) is 13.2. The van der Waals surface area contributed by atoms with Crippen molar-refractivity contribution in [2.45, 2.75) is 18.9 Å². The Morgan fingerprint density at radius 1 is 1.42 bits per heavy atom. The van der Waals surface area contributed by atoms with Gasteiger partial charge >= 0.3 is 5.97 Å². The molecule has 1 aliphatic carbocycles. The van der Waals surface area contributed by atoms with Gasteiger partial charge in [0.25, 0.3) is 10.1 Å². The molecule has 4 N–H and O–H groups in total. The first-order chi connectivity index (χ1) is 15.4. The van der Waals surface area contributed by atoms with Gasteiger partial charge in [-0.3, -0.25) is 9.35 Å². The van der Waals surface area contributed by atoms with Crippen LogP contribution in [0.2, 0.25) is 0 Å². The minimum atomic E-state index is -3.67. The zero-order valence-corrected chi connectivity index (χ0v) is 18.7. The topological polar surface area (TPSA) is 177 Å². The number of hydrogen-bond donors (Lipinski definition) is 3. The maximum atomic E-state index is 14.9. The fraction of sp³-hybridized carbons (Fsp3) is 0.474. The van der Waals surface area contributed by atoms with Crippen molar-refractivity contribution in [3.05, 3.63) is 33.9 Å². The maximum absolute atomic E-state index is 14.9. The Labute approximate surface area is 188 Å². The standard InChI is InChI=1S/C18H20FN5O4.CH4O3S/c1-28-22-14-8-23(6-9(14)5-20)17-13(19)4-11-15(25)12(18(26)27)7-24(10-2-3-10)16(11)21-17;1-5(2,3)4/h4,7,9-10H,2-3,5-6,8,20H2,1H3,(H,26,27);1H3,(H,2,3,4)/t9-;/m1./s1. The number of hydrogen-bond acceptors (Lipinski definition) is 9. The van der Waals surface area contributed by atoms with E-state index in [1.54, 1.807) is 9.47 Å². The van der Waals surface area contributed by atoms with Crippen molar-refractivity contribution in [1.29, 1.82) is 0 Å². The number of carbonyl (C=O) groups is 1. The smallest absolute Gasteiger partial charge is 0.341 e. The summed E-state index contributed by atoms with van der Waals surface area (Å²) >= 11 is 0. The van der Waals surface area contributed by atoms with E-state index >= 15 is 0 Å². The molecule has 3 heterocycles. The molecule has 12 nitrogen and oxygen atoms in total. The molecule has 0 radical (unpaired) electrons. The lowest BCUT2D eigenvalue weighted by atomic mass is 10.1. The van der Waals surface area contributed by atoms with E-state index < -0.39 is 27.3 Å². The summed E-state index contributed by atoms with van der Waals surface area (Å²) < 4.78 is 42.4. The van der Waals surface area contributed by atoms with E-state index in [4.69, 9.17) is 15.1 Å². The molecule has 33 heavy (non-hydrogen) atoms. The highest BCUT2D eigenvalue weighted by atomic mass is 32.2. The van der Waals surface area contributed by atoms with Crippen molar-refractivity contribution in [2.24, 2.45) is 16.8 Å². The molecule has 0 aromatic carbocycles. The number of anilines is 1. The van der Waals surface area contributed by atoms with E-state index in [1.807, 2.05) is 0 Å². The third-order valence-corrected chi connectivity index (χ3v) is 5.17. The number of nitrogens with two attached hydrogens (primary N) is 1. The molecule has 4 rings (SSSR count). The summed E-state index contributed by atoms with van der Waals surface area (Å²) in [4.78, 5) is 34.9. The normalized spacial score (nSPS) is 19.5. The molecule has 1 saturated carbocycles. The van der Waals surface area contributed by atoms with Gasteiger partial charge in [-0.25, -0.2) is 14.2 Å². The van der Waals surface area contributed by atoms with Crippen LogP contribution in [0.3, 0.4) is 0 Å². The summed E-state index contributed by atoms with van der Waals surface area (Å²) in [7, 11) is -2.23. The van der Waals surface area contributed by atoms with Crippen molar-refractivity contribution in [3.8, 4) is 0 Å². The molecule has 0 bridgehead atoms. The minimum Gasteiger partial charge on any atom is -0.477 e. The van der Waals surface area contributed by atoms with E-state index in [0.717, 1.165) is 18.9 Å². The second kappa shape index (κ2) is 9.41. The van der Waals surface area contributed by atoms with Crippen LogP contribution in [-0.2, 0) is 15.0 Å². The monoisotopic (exact) mass is 485 g/mol. The van der Waals surface area contributed by atoms with Gasteiger partial charge in [-0.15, -0.1) is 0 Å². The highest BCUT2D eigenvalue weighted by molar-refractivity contribution is 7.85. The second-order valence-electron chi connectivity index (χ2n) is 7.79. The third-order valence-electron chi connectivity index (χ3n) is 5.17. The van der Waals surface area contributed by atoms with E-state index in [9.17, 15) is 27.5 Å². The molecular formula is C19H24FN5O7S. The Kier molecular flexibility index (Phi) is 7.00. The lowest BCUT2D eigenvalue weighted by Gasteiger charge is -2.19. The number of fused-ring (bicyclic) bond motifs is 1. The Morgan fingerprint density at radius 2 is 2.06 bits per heavy atom. The first kappa shape index (κ1) is 24.5. The van der Waals surface area contributed by atoms with Gasteiger partial charge in [0.2, 0.25) is 5.43 Å². The van der Waals surface area contributed by atoms with Crippen molar-refractivity contribution in [2.75, 3.05) is 37.9 Å². The van der Waals surface area contributed by atoms with Gasteiger partial charge in [0.15, 0.2) is 11.6 Å². The van der Waals surface area contributed by atoms with Gasteiger partial charge in [0, 0.05) is 31.2 Å². The van der Waals surface area contributed by atoms with Crippen LogP contribution in [0.15, 0.2) is 22.2 Å². The molecule has 14 heteroatoms. The van der Waals surface area contributed by atoms with Crippen molar-refractivity contribution < 1.29 is 32.1 Å². The zero-order valence-electron chi connectivity index (χ0n) is 17.9. The van der Waals surface area contributed by atoms with Crippen LogP contribution in [0.25, 0.3) is 11.0 Å². The SMILES string of the molecule is CON=C1CN(c2nc3c(cc2F)c(=O)c(C(=O)O)cn3C2CC2)C[C@H]1CN.CS(=O)(=O)O. The van der Waals surface area contributed by atoms with Crippen molar-refractivity contribution in [1.82, 2.24) is 9.55 Å². The summed E-state index contributed by atoms with van der Waals surface area (Å²) in [6.07, 6.45) is 3.74. The van der Waals surface area contributed by atoms with Crippen LogP contribution in [0, 0.1) is 11.7 Å². The summed E-state index contributed by atoms with van der Waals surface area (Å²) in [5.74, 6) is -2.03. The fourth-order valence-corrected chi connectivity index (χ4v) is 3.60. The van der Waals surface area contributed by atoms with Crippen molar-refractivity contribution in [3.63, 3.8) is 0 Å². The summed E-state index contributed by atoms with van der Waals surface area (Å²) in [5.41, 5.74) is 5.65. The molecule has 2 aliphatic rings. The van der Waals surface area contributed by atoms with E-state index in [0.29, 0.717) is 31.6 Å². The lowest BCUT2D eigenvalue weighted by Crippen LogP contribution is -2.26. The predicted octanol–water partition coefficient (Wildman–Crippen LogP) is 0.470. The number of rotatable bonds is 5. The minimum absolute atomic E-state index is 0.0339. The fourth-order valence-electron chi connectivity index (χ4n) is 3.60. The lowest BCUT2D eigenvalue weighted by molar-refractivity contribution is 0.0694. The van der Waals surface area contributed by atoms with E-state index in [-0.39, 0.29) is 34.4 Å². The van der Waals surface area contributed by atoms with Crippen LogP contribution >= 0.6 is 0 Å². The average Bonchev–Trinajstić information content (AvgIpc) is 3.47. The molecule has 1 atom stereocenters. The summed E-state index contributed by atoms with van der Waals surface area (Å²) in [6.45, 7) is 1.07. The van der Waals surface area contributed by atoms with Gasteiger partial charge in [0.05, 0.1) is 23.9 Å². The van der Waals surface area contributed by atoms with Gasteiger partial charge in [-0.1, -0.05) is 5.16 Å². The molecule has 180 valence electrons. The number of aromatic nitrogens is 2. The molecule has 0 spiro atoms. The number of oxime groups is 1. The first-order valence-electron chi connectivity index (χ1n) is 9.90. The molecule has 0 unspecified atom stereocenters. The number of aromatic carboxylic acids is 1. The Balaban J connectivity index is 0.000000555. The van der Waals surface area contributed by atoms with Gasteiger partial charge in [-0.05, 0) is 18.9 Å². The number of carboxylic acid groups (broad SMARTS) is 1. The van der Waals surface area contributed by atoms with Gasteiger partial charge in [0.1, 0.15) is 18.3 Å². The number of pyridine rings is 2. The van der Waals surface area contributed by atoms with Crippen LogP contribution in [-0.4, -0.2) is 72.3 Å². The Hall–Kier alpha value is -3.10. The van der Waals surface area contributed by atoms with Crippen LogP contribution in [0.1, 0.15) is 29.2 Å². The second-order valence-corrected chi connectivity index (χ2v) is 9.26. The highest BCUT2D eigenvalue weighted by Gasteiger charge is 2.33. The van der Waals surface area contributed by atoms with Gasteiger partial charge in [-0.2, -0.15) is 8.42 Å². The third kappa shape index (κ3) is 5.64. The number of carboxylic acids is 1. The molecule has 2 fully saturated rings. The quantitative estimate of drug-likeness (QED) is 0.398. The number of nitrogens with zero attached hydrogens (tertiary/aromatic N) is 4. The zero-order chi connectivity index (χ0) is 24.5. The van der Waals surface area contributed by atoms with E-state index in [2.05, 4.69) is 10.1 Å². The number of halogens is 1. The van der Waals surface area contributed by atoms with Crippen LogP contribution in [0.4, 0.5) is 10.2 Å². The highest BCUT2D eigenvalue weighted by Crippen LogP contribution is 2.37. The predicted molar refractivity (Wildman–Crippen MR) is 118 cm³/mol.